The maximum Gasteiger partial charge on any atom is 0.238 e. The summed E-state index contributed by atoms with van der Waals surface area (Å²) in [6, 6.07) is 0.0949. The highest BCUT2D eigenvalue weighted by atomic mass is 16.2. The molecule has 1 amide bonds. The van der Waals surface area contributed by atoms with Gasteiger partial charge in [0.25, 0.3) is 0 Å². The monoisotopic (exact) mass is 155 g/mol. The van der Waals surface area contributed by atoms with Gasteiger partial charge in [0.15, 0.2) is 0 Å². The van der Waals surface area contributed by atoms with Crippen LogP contribution in [0.1, 0.15) is 0 Å². The number of hydrogen-bond donors (Lipinski definition) is 2. The molecular formula is C7H13N3O. The Bertz CT molecular complexity index is 169. The average Bonchev–Trinajstić information content (AvgIpc) is 2.06. The van der Waals surface area contributed by atoms with Gasteiger partial charge in [-0.15, -0.1) is 0 Å². The van der Waals surface area contributed by atoms with E-state index < -0.39 is 0 Å². The van der Waals surface area contributed by atoms with Crippen molar-refractivity contribution in [3.8, 4) is 0 Å². The molecule has 2 saturated heterocycles. The largest absolute Gasteiger partial charge is 0.353 e. The third-order valence-corrected chi connectivity index (χ3v) is 2.36. The number of nitrogens with one attached hydrogen (secondary N) is 2. The quantitative estimate of drug-likeness (QED) is 0.442. The number of piperazine rings is 2. The maximum atomic E-state index is 11.2. The van der Waals surface area contributed by atoms with Crippen LogP contribution in [-0.2, 0) is 4.79 Å². The van der Waals surface area contributed by atoms with Crippen LogP contribution in [0.5, 0.6) is 0 Å². The first-order valence-electron chi connectivity index (χ1n) is 4.10. The summed E-state index contributed by atoms with van der Waals surface area (Å²) in [5, 5.41) is 6.07. The lowest BCUT2D eigenvalue weighted by atomic mass is 10.1. The predicted molar refractivity (Wildman–Crippen MR) is 41.2 cm³/mol. The Balaban J connectivity index is 2.05. The Morgan fingerprint density at radius 1 is 1.36 bits per heavy atom. The van der Waals surface area contributed by atoms with E-state index in [-0.39, 0.29) is 11.9 Å². The Hall–Kier alpha value is -0.610. The van der Waals surface area contributed by atoms with Gasteiger partial charge in [-0.2, -0.15) is 0 Å². The van der Waals surface area contributed by atoms with Crippen molar-refractivity contribution in [1.82, 2.24) is 15.5 Å². The molecule has 0 aliphatic carbocycles. The highest BCUT2D eigenvalue weighted by Crippen LogP contribution is 2.05. The number of amides is 1. The van der Waals surface area contributed by atoms with Gasteiger partial charge in [-0.05, 0) is 0 Å². The fourth-order valence-electron chi connectivity index (χ4n) is 1.71. The van der Waals surface area contributed by atoms with Crippen molar-refractivity contribution < 1.29 is 4.79 Å². The molecular weight excluding hydrogens is 142 g/mol. The number of carbonyl (C=O) groups is 1. The summed E-state index contributed by atoms with van der Waals surface area (Å²) >= 11 is 0. The van der Waals surface area contributed by atoms with E-state index in [1.807, 2.05) is 0 Å². The third-order valence-electron chi connectivity index (χ3n) is 2.36. The SMILES string of the molecule is O=C1NCCN2CCNC[C@@H]12. The van der Waals surface area contributed by atoms with Gasteiger partial charge >= 0.3 is 0 Å². The molecule has 0 aromatic heterocycles. The molecule has 2 fully saturated rings. The number of nitrogens with zero attached hydrogens (tertiary/aromatic N) is 1. The van der Waals surface area contributed by atoms with Crippen LogP contribution in [-0.4, -0.2) is 49.6 Å². The Morgan fingerprint density at radius 3 is 3.00 bits per heavy atom. The molecule has 62 valence electrons. The van der Waals surface area contributed by atoms with Crippen molar-refractivity contribution in [2.45, 2.75) is 6.04 Å². The highest BCUT2D eigenvalue weighted by molar-refractivity contribution is 5.82. The second-order valence-electron chi connectivity index (χ2n) is 3.05. The number of fused-ring (bicyclic) bond motifs is 1. The van der Waals surface area contributed by atoms with Crippen molar-refractivity contribution in [2.75, 3.05) is 32.7 Å². The van der Waals surface area contributed by atoms with Gasteiger partial charge in [-0.25, -0.2) is 0 Å². The summed E-state index contributed by atoms with van der Waals surface area (Å²) in [6.45, 7) is 4.67. The summed E-state index contributed by atoms with van der Waals surface area (Å²) in [6.07, 6.45) is 0. The molecule has 2 aliphatic rings. The molecule has 0 radical (unpaired) electrons. The molecule has 2 heterocycles. The van der Waals surface area contributed by atoms with Crippen molar-refractivity contribution >= 4 is 5.91 Å². The van der Waals surface area contributed by atoms with E-state index in [9.17, 15) is 4.79 Å². The molecule has 2 N–H and O–H groups in total. The predicted octanol–water partition coefficient (Wildman–Crippen LogP) is -1.61. The van der Waals surface area contributed by atoms with Gasteiger partial charge < -0.3 is 10.6 Å². The summed E-state index contributed by atoms with van der Waals surface area (Å²) < 4.78 is 0. The van der Waals surface area contributed by atoms with Crippen molar-refractivity contribution in [1.29, 1.82) is 0 Å². The maximum absolute atomic E-state index is 11.2. The lowest BCUT2D eigenvalue weighted by molar-refractivity contribution is -0.129. The zero-order valence-corrected chi connectivity index (χ0v) is 6.47. The molecule has 0 spiro atoms. The minimum absolute atomic E-state index is 0.0949. The molecule has 0 aromatic carbocycles. The van der Waals surface area contributed by atoms with E-state index in [1.165, 1.54) is 0 Å². The van der Waals surface area contributed by atoms with Gasteiger partial charge in [-0.1, -0.05) is 0 Å². The zero-order chi connectivity index (χ0) is 7.68. The van der Waals surface area contributed by atoms with Crippen LogP contribution >= 0.6 is 0 Å². The van der Waals surface area contributed by atoms with Gasteiger partial charge in [0.1, 0.15) is 6.04 Å². The zero-order valence-electron chi connectivity index (χ0n) is 6.47. The molecule has 2 rings (SSSR count). The van der Waals surface area contributed by atoms with Crippen LogP contribution in [0.2, 0.25) is 0 Å². The van der Waals surface area contributed by atoms with Gasteiger partial charge in [0.2, 0.25) is 5.91 Å². The van der Waals surface area contributed by atoms with E-state index in [0.717, 1.165) is 32.7 Å². The van der Waals surface area contributed by atoms with E-state index in [2.05, 4.69) is 15.5 Å². The molecule has 4 nitrogen and oxygen atoms in total. The molecule has 0 bridgehead atoms. The van der Waals surface area contributed by atoms with Gasteiger partial charge in [0, 0.05) is 32.7 Å². The number of hydrogen-bond acceptors (Lipinski definition) is 3. The van der Waals surface area contributed by atoms with Crippen LogP contribution < -0.4 is 10.6 Å². The first-order chi connectivity index (χ1) is 5.38. The van der Waals surface area contributed by atoms with E-state index in [4.69, 9.17) is 0 Å². The summed E-state index contributed by atoms with van der Waals surface area (Å²) in [5.41, 5.74) is 0. The smallest absolute Gasteiger partial charge is 0.238 e. The molecule has 1 atom stereocenters. The molecule has 0 aromatic rings. The van der Waals surface area contributed by atoms with Gasteiger partial charge in [-0.3, -0.25) is 9.69 Å². The van der Waals surface area contributed by atoms with Crippen LogP contribution in [0.4, 0.5) is 0 Å². The first-order valence-corrected chi connectivity index (χ1v) is 4.10. The average molecular weight is 155 g/mol. The second kappa shape index (κ2) is 2.79. The summed E-state index contributed by atoms with van der Waals surface area (Å²) in [4.78, 5) is 13.5. The van der Waals surface area contributed by atoms with Crippen molar-refractivity contribution in [2.24, 2.45) is 0 Å². The van der Waals surface area contributed by atoms with E-state index in [1.54, 1.807) is 0 Å². The minimum Gasteiger partial charge on any atom is -0.353 e. The molecule has 4 heteroatoms. The van der Waals surface area contributed by atoms with E-state index >= 15 is 0 Å². The van der Waals surface area contributed by atoms with Crippen LogP contribution in [0.25, 0.3) is 0 Å². The minimum atomic E-state index is 0.0949. The van der Waals surface area contributed by atoms with Crippen molar-refractivity contribution in [3.05, 3.63) is 0 Å². The second-order valence-corrected chi connectivity index (χ2v) is 3.05. The Kier molecular flexibility index (Phi) is 1.79. The van der Waals surface area contributed by atoms with Crippen LogP contribution in [0, 0.1) is 0 Å². The van der Waals surface area contributed by atoms with Crippen molar-refractivity contribution in [3.63, 3.8) is 0 Å². The highest BCUT2D eigenvalue weighted by Gasteiger charge is 2.30. The summed E-state index contributed by atoms with van der Waals surface area (Å²) in [7, 11) is 0. The topological polar surface area (TPSA) is 44.4 Å². The van der Waals surface area contributed by atoms with E-state index in [0.29, 0.717) is 0 Å². The van der Waals surface area contributed by atoms with Crippen LogP contribution in [0.3, 0.4) is 0 Å². The normalized spacial score (nSPS) is 32.7. The van der Waals surface area contributed by atoms with Gasteiger partial charge in [0.05, 0.1) is 0 Å². The Morgan fingerprint density at radius 2 is 2.18 bits per heavy atom. The lowest BCUT2D eigenvalue weighted by Gasteiger charge is -2.38. The molecule has 0 saturated carbocycles. The Labute approximate surface area is 65.9 Å². The summed E-state index contributed by atoms with van der Waals surface area (Å²) in [5.74, 6) is 0.184. The number of carbonyl (C=O) groups excluding carboxylic acids is 1. The standard InChI is InChI=1S/C7H13N3O/c11-7-6-5-8-1-3-10(6)4-2-9-7/h6,8H,1-5H2,(H,9,11)/t6-/m0/s1. The molecule has 2 aliphatic heterocycles. The van der Waals surface area contributed by atoms with Crippen LogP contribution in [0.15, 0.2) is 0 Å². The molecule has 0 unspecified atom stereocenters. The lowest BCUT2D eigenvalue weighted by Crippen LogP contribution is -2.62. The molecule has 11 heavy (non-hydrogen) atoms. The number of rotatable bonds is 0. The first kappa shape index (κ1) is 7.06. The fourth-order valence-corrected chi connectivity index (χ4v) is 1.71. The fraction of sp³-hybridized carbons (Fsp3) is 0.857. The third kappa shape index (κ3) is 1.23.